The smallest absolute Gasteiger partial charge is 0.139 e. The van der Waals surface area contributed by atoms with Gasteiger partial charge in [-0.2, -0.15) is 0 Å². The van der Waals surface area contributed by atoms with Crippen LogP contribution in [0.25, 0.3) is 10.9 Å². The molecule has 0 N–H and O–H groups in total. The largest absolute Gasteiger partial charge is 0.495 e. The van der Waals surface area contributed by atoms with Crippen molar-refractivity contribution in [2.75, 3.05) is 7.11 Å². The molecule has 1 aromatic heterocycles. The van der Waals surface area contributed by atoms with Crippen LogP contribution in [0.4, 0.5) is 0 Å². The van der Waals surface area contributed by atoms with Crippen LogP contribution in [0.1, 0.15) is 18.9 Å². The van der Waals surface area contributed by atoms with E-state index in [0.717, 1.165) is 29.3 Å². The first kappa shape index (κ1) is 12.5. The predicted octanol–water partition coefficient (Wildman–Crippen LogP) is 4.50. The Labute approximate surface area is 111 Å². The molecule has 0 fully saturated rings. The van der Waals surface area contributed by atoms with Crippen LogP contribution in [0.5, 0.6) is 5.75 Å². The Morgan fingerprint density at radius 1 is 1.24 bits per heavy atom. The van der Waals surface area contributed by atoms with Gasteiger partial charge in [0.05, 0.1) is 17.6 Å². The SMILES string of the molecule is CCCc1cc2cc(Cl)c(OC)cc2nc1Cl. The Balaban J connectivity index is 2.62. The molecule has 0 aliphatic heterocycles. The van der Waals surface area contributed by atoms with Crippen LogP contribution < -0.4 is 4.74 Å². The second-order valence-electron chi connectivity index (χ2n) is 3.87. The summed E-state index contributed by atoms with van der Waals surface area (Å²) in [6, 6.07) is 5.71. The molecular formula is C13H13Cl2NO. The molecule has 0 atom stereocenters. The average Bonchev–Trinajstić information content (AvgIpc) is 2.30. The number of hydrogen-bond acceptors (Lipinski definition) is 2. The fourth-order valence-corrected chi connectivity index (χ4v) is 2.29. The lowest BCUT2D eigenvalue weighted by Crippen LogP contribution is -1.91. The van der Waals surface area contributed by atoms with Gasteiger partial charge in [0.15, 0.2) is 0 Å². The zero-order chi connectivity index (χ0) is 12.4. The highest BCUT2D eigenvalue weighted by Crippen LogP contribution is 2.31. The standard InChI is InChI=1S/C13H13Cl2NO/c1-3-4-8-5-9-6-10(14)12(17-2)7-11(9)16-13(8)15/h5-7H,3-4H2,1-2H3. The number of halogens is 2. The van der Waals surface area contributed by atoms with Gasteiger partial charge in [-0.1, -0.05) is 36.5 Å². The first-order chi connectivity index (χ1) is 8.15. The van der Waals surface area contributed by atoms with Gasteiger partial charge in [0.25, 0.3) is 0 Å². The van der Waals surface area contributed by atoms with Crippen LogP contribution in [0.2, 0.25) is 10.2 Å². The van der Waals surface area contributed by atoms with Gasteiger partial charge in [0.2, 0.25) is 0 Å². The molecule has 0 aliphatic carbocycles. The zero-order valence-corrected chi connectivity index (χ0v) is 11.3. The monoisotopic (exact) mass is 269 g/mol. The number of nitrogens with zero attached hydrogens (tertiary/aromatic N) is 1. The number of methoxy groups -OCH3 is 1. The Morgan fingerprint density at radius 2 is 2.00 bits per heavy atom. The van der Waals surface area contributed by atoms with Crippen molar-refractivity contribution in [3.63, 3.8) is 0 Å². The highest BCUT2D eigenvalue weighted by Gasteiger charge is 2.08. The Bertz CT molecular complexity index is 555. The van der Waals surface area contributed by atoms with E-state index >= 15 is 0 Å². The third-order valence-electron chi connectivity index (χ3n) is 2.63. The van der Waals surface area contributed by atoms with E-state index in [9.17, 15) is 0 Å². The molecule has 4 heteroatoms. The number of rotatable bonds is 3. The van der Waals surface area contributed by atoms with Crippen molar-refractivity contribution < 1.29 is 4.74 Å². The van der Waals surface area contributed by atoms with Crippen molar-refractivity contribution in [1.82, 2.24) is 4.98 Å². The number of aromatic nitrogens is 1. The first-order valence-electron chi connectivity index (χ1n) is 5.48. The number of ether oxygens (including phenoxy) is 1. The van der Waals surface area contributed by atoms with Crippen molar-refractivity contribution in [2.24, 2.45) is 0 Å². The Morgan fingerprint density at radius 3 is 2.65 bits per heavy atom. The third-order valence-corrected chi connectivity index (χ3v) is 3.26. The van der Waals surface area contributed by atoms with Gasteiger partial charge in [-0.15, -0.1) is 0 Å². The number of fused-ring (bicyclic) bond motifs is 1. The first-order valence-corrected chi connectivity index (χ1v) is 6.24. The minimum atomic E-state index is 0.559. The fourth-order valence-electron chi connectivity index (χ4n) is 1.80. The summed E-state index contributed by atoms with van der Waals surface area (Å²) in [5.74, 6) is 0.617. The molecule has 1 heterocycles. The van der Waals surface area contributed by atoms with E-state index < -0.39 is 0 Å². The maximum Gasteiger partial charge on any atom is 0.139 e. The fraction of sp³-hybridized carbons (Fsp3) is 0.308. The maximum absolute atomic E-state index is 6.13. The molecular weight excluding hydrogens is 257 g/mol. The molecule has 90 valence electrons. The van der Waals surface area contributed by atoms with Gasteiger partial charge in [0, 0.05) is 11.5 Å². The summed E-state index contributed by atoms with van der Waals surface area (Å²) < 4.78 is 5.16. The van der Waals surface area contributed by atoms with Crippen LogP contribution >= 0.6 is 23.2 Å². The molecule has 0 aliphatic rings. The van der Waals surface area contributed by atoms with Crippen molar-refractivity contribution in [3.05, 3.63) is 33.9 Å². The lowest BCUT2D eigenvalue weighted by molar-refractivity contribution is 0.415. The quantitative estimate of drug-likeness (QED) is 0.766. The van der Waals surface area contributed by atoms with Crippen LogP contribution in [-0.2, 0) is 6.42 Å². The highest BCUT2D eigenvalue weighted by atomic mass is 35.5. The van der Waals surface area contributed by atoms with Crippen molar-refractivity contribution >= 4 is 34.1 Å². The van der Waals surface area contributed by atoms with E-state index in [0.29, 0.717) is 15.9 Å². The van der Waals surface area contributed by atoms with E-state index in [1.165, 1.54) is 0 Å². The second-order valence-corrected chi connectivity index (χ2v) is 4.63. The molecule has 2 rings (SSSR count). The number of pyridine rings is 1. The second kappa shape index (κ2) is 5.11. The minimum absolute atomic E-state index is 0.559. The van der Waals surface area contributed by atoms with E-state index in [1.807, 2.05) is 12.1 Å². The topological polar surface area (TPSA) is 22.1 Å². The van der Waals surface area contributed by atoms with Crippen LogP contribution in [-0.4, -0.2) is 12.1 Å². The molecule has 0 spiro atoms. The summed E-state index contributed by atoms with van der Waals surface area (Å²) in [6.45, 7) is 2.11. The van der Waals surface area contributed by atoms with Crippen LogP contribution in [0.15, 0.2) is 18.2 Å². The number of aryl methyl sites for hydroxylation is 1. The van der Waals surface area contributed by atoms with Gasteiger partial charge in [-0.3, -0.25) is 0 Å². The molecule has 2 aromatic rings. The summed E-state index contributed by atoms with van der Waals surface area (Å²) in [6.07, 6.45) is 1.96. The van der Waals surface area contributed by atoms with E-state index in [4.69, 9.17) is 27.9 Å². The summed E-state index contributed by atoms with van der Waals surface area (Å²) in [7, 11) is 1.58. The predicted molar refractivity (Wildman–Crippen MR) is 72.3 cm³/mol. The molecule has 1 aromatic carbocycles. The van der Waals surface area contributed by atoms with Gasteiger partial charge in [0.1, 0.15) is 10.9 Å². The number of benzene rings is 1. The number of hydrogen-bond donors (Lipinski definition) is 0. The molecule has 17 heavy (non-hydrogen) atoms. The normalized spacial score (nSPS) is 10.8. The average molecular weight is 270 g/mol. The third kappa shape index (κ3) is 2.48. The Kier molecular flexibility index (Phi) is 3.75. The van der Waals surface area contributed by atoms with Crippen LogP contribution in [0, 0.1) is 0 Å². The van der Waals surface area contributed by atoms with Gasteiger partial charge < -0.3 is 4.74 Å². The van der Waals surface area contributed by atoms with Gasteiger partial charge in [-0.05, 0) is 24.1 Å². The highest BCUT2D eigenvalue weighted by molar-refractivity contribution is 6.33. The van der Waals surface area contributed by atoms with Crippen molar-refractivity contribution in [3.8, 4) is 5.75 Å². The summed E-state index contributed by atoms with van der Waals surface area (Å²) in [5.41, 5.74) is 1.86. The van der Waals surface area contributed by atoms with E-state index in [1.54, 1.807) is 13.2 Å². The maximum atomic E-state index is 6.13. The van der Waals surface area contributed by atoms with Crippen molar-refractivity contribution in [1.29, 1.82) is 0 Å². The minimum Gasteiger partial charge on any atom is -0.495 e. The van der Waals surface area contributed by atoms with Gasteiger partial charge >= 0.3 is 0 Å². The molecule has 0 radical (unpaired) electrons. The molecule has 0 amide bonds. The molecule has 0 saturated heterocycles. The van der Waals surface area contributed by atoms with Crippen LogP contribution in [0.3, 0.4) is 0 Å². The van der Waals surface area contributed by atoms with Crippen molar-refractivity contribution in [2.45, 2.75) is 19.8 Å². The van der Waals surface area contributed by atoms with Gasteiger partial charge in [-0.25, -0.2) is 4.98 Å². The summed E-state index contributed by atoms with van der Waals surface area (Å²) >= 11 is 12.2. The van der Waals surface area contributed by atoms with E-state index in [-0.39, 0.29) is 0 Å². The lowest BCUT2D eigenvalue weighted by atomic mass is 10.1. The zero-order valence-electron chi connectivity index (χ0n) is 9.76. The molecule has 0 unspecified atom stereocenters. The van der Waals surface area contributed by atoms with E-state index in [2.05, 4.69) is 11.9 Å². The lowest BCUT2D eigenvalue weighted by Gasteiger charge is -2.08. The molecule has 0 bridgehead atoms. The summed E-state index contributed by atoms with van der Waals surface area (Å²) in [4.78, 5) is 4.37. The molecule has 2 nitrogen and oxygen atoms in total. The summed E-state index contributed by atoms with van der Waals surface area (Å²) in [5, 5.41) is 2.14. The molecule has 0 saturated carbocycles. The Hall–Kier alpha value is -0.990.